The minimum Gasteiger partial charge on any atom is -0.346 e. The third-order valence-corrected chi connectivity index (χ3v) is 6.08. The van der Waals surface area contributed by atoms with Gasteiger partial charge in [-0.2, -0.15) is 5.10 Å². The maximum atomic E-state index is 4.68. The summed E-state index contributed by atoms with van der Waals surface area (Å²) in [4.78, 5) is 10.6. The van der Waals surface area contributed by atoms with E-state index < -0.39 is 0 Å². The van der Waals surface area contributed by atoms with Gasteiger partial charge in [0.15, 0.2) is 0 Å². The second kappa shape index (κ2) is 7.84. The zero-order chi connectivity index (χ0) is 19.6. The Kier molecular flexibility index (Phi) is 4.90. The Morgan fingerprint density at radius 1 is 1.07 bits per heavy atom. The Morgan fingerprint density at radius 2 is 1.90 bits per heavy atom. The topological polar surface area (TPSA) is 49.7 Å². The largest absolute Gasteiger partial charge is 0.346 e. The molecule has 1 saturated heterocycles. The molecule has 4 aromatic rings. The number of nitrogens with zero attached hydrogens (tertiary/aromatic N) is 4. The van der Waals surface area contributed by atoms with Crippen molar-refractivity contribution < 1.29 is 0 Å². The van der Waals surface area contributed by atoms with Crippen molar-refractivity contribution >= 4 is 11.0 Å². The fraction of sp³-hybridized carbons (Fsp3) is 0.333. The molecule has 0 saturated carbocycles. The standard InChI is InChI=1S/C24H27N5/c1-28-17-21(14-27-28)23-15-26-24-22(23)12-20(13-25-24)11-18-7-9-29(10-8-18)16-19-5-3-2-4-6-19/h2-6,12-15,17-18H,7-11,16H2,1H3,(H,25,26). The van der Waals surface area contributed by atoms with Crippen molar-refractivity contribution in [1.29, 1.82) is 0 Å². The molecule has 1 aromatic carbocycles. The average molecular weight is 386 g/mol. The van der Waals surface area contributed by atoms with E-state index in [-0.39, 0.29) is 0 Å². The van der Waals surface area contributed by atoms with Gasteiger partial charge < -0.3 is 4.98 Å². The van der Waals surface area contributed by atoms with E-state index in [0.29, 0.717) is 0 Å². The Bertz CT molecular complexity index is 1090. The first-order valence-corrected chi connectivity index (χ1v) is 10.5. The number of hydrogen-bond acceptors (Lipinski definition) is 3. The molecule has 0 unspecified atom stereocenters. The summed E-state index contributed by atoms with van der Waals surface area (Å²) in [5.41, 5.74) is 6.01. The van der Waals surface area contributed by atoms with Crippen molar-refractivity contribution in [2.45, 2.75) is 25.8 Å². The Balaban J connectivity index is 1.25. The zero-order valence-electron chi connectivity index (χ0n) is 16.9. The van der Waals surface area contributed by atoms with Gasteiger partial charge in [0.2, 0.25) is 0 Å². The van der Waals surface area contributed by atoms with E-state index in [9.17, 15) is 0 Å². The van der Waals surface area contributed by atoms with Crippen molar-refractivity contribution in [2.75, 3.05) is 13.1 Å². The van der Waals surface area contributed by atoms with Gasteiger partial charge in [-0.3, -0.25) is 9.58 Å². The number of rotatable bonds is 5. The van der Waals surface area contributed by atoms with Crippen LogP contribution in [0.25, 0.3) is 22.2 Å². The highest BCUT2D eigenvalue weighted by atomic mass is 15.2. The van der Waals surface area contributed by atoms with E-state index in [4.69, 9.17) is 0 Å². The smallest absolute Gasteiger partial charge is 0.137 e. The van der Waals surface area contributed by atoms with Crippen LogP contribution in [-0.4, -0.2) is 37.7 Å². The SMILES string of the molecule is Cn1cc(-c2c[nH]c3ncc(CC4CCN(Cc5ccccc5)CC4)cc23)cn1. The number of hydrogen-bond donors (Lipinski definition) is 1. The number of nitrogens with one attached hydrogen (secondary N) is 1. The second-order valence-electron chi connectivity index (χ2n) is 8.25. The second-order valence-corrected chi connectivity index (χ2v) is 8.25. The number of piperidine rings is 1. The van der Waals surface area contributed by atoms with Crippen LogP contribution in [0.5, 0.6) is 0 Å². The van der Waals surface area contributed by atoms with Gasteiger partial charge in [-0.15, -0.1) is 0 Å². The van der Waals surface area contributed by atoms with Crippen LogP contribution in [0.1, 0.15) is 24.0 Å². The van der Waals surface area contributed by atoms with Crippen LogP contribution in [0, 0.1) is 5.92 Å². The minimum absolute atomic E-state index is 0.738. The first-order chi connectivity index (χ1) is 14.2. The first kappa shape index (κ1) is 18.1. The molecule has 0 atom stereocenters. The summed E-state index contributed by atoms with van der Waals surface area (Å²) in [6.07, 6.45) is 11.7. The molecule has 1 aliphatic heterocycles. The summed E-state index contributed by atoms with van der Waals surface area (Å²) >= 11 is 0. The summed E-state index contributed by atoms with van der Waals surface area (Å²) in [5.74, 6) is 0.738. The summed E-state index contributed by atoms with van der Waals surface area (Å²) < 4.78 is 1.84. The molecular weight excluding hydrogens is 358 g/mol. The molecule has 4 heterocycles. The average Bonchev–Trinajstić information content (AvgIpc) is 3.36. The fourth-order valence-electron chi connectivity index (χ4n) is 4.48. The molecule has 5 heteroatoms. The molecule has 3 aromatic heterocycles. The molecular formula is C24H27N5. The van der Waals surface area contributed by atoms with Gasteiger partial charge in [0.05, 0.1) is 6.20 Å². The first-order valence-electron chi connectivity index (χ1n) is 10.5. The van der Waals surface area contributed by atoms with E-state index >= 15 is 0 Å². The number of aromatic nitrogens is 4. The highest BCUT2D eigenvalue weighted by Crippen LogP contribution is 2.29. The molecule has 29 heavy (non-hydrogen) atoms. The number of aryl methyl sites for hydroxylation is 1. The number of H-pyrrole nitrogens is 1. The number of pyridine rings is 1. The van der Waals surface area contributed by atoms with Crippen LogP contribution in [-0.2, 0) is 20.0 Å². The van der Waals surface area contributed by atoms with Crippen LogP contribution in [0.2, 0.25) is 0 Å². The molecule has 0 amide bonds. The monoisotopic (exact) mass is 385 g/mol. The Labute approximate surface area is 171 Å². The third kappa shape index (κ3) is 3.96. The number of fused-ring (bicyclic) bond motifs is 1. The van der Waals surface area contributed by atoms with Crippen LogP contribution >= 0.6 is 0 Å². The summed E-state index contributed by atoms with van der Waals surface area (Å²) in [5, 5.41) is 5.50. The number of likely N-dealkylation sites (tertiary alicyclic amines) is 1. The Morgan fingerprint density at radius 3 is 2.66 bits per heavy atom. The van der Waals surface area contributed by atoms with E-state index in [1.165, 1.54) is 48.0 Å². The molecule has 1 fully saturated rings. The molecule has 148 valence electrons. The minimum atomic E-state index is 0.738. The van der Waals surface area contributed by atoms with Gasteiger partial charge in [-0.05, 0) is 55.5 Å². The van der Waals surface area contributed by atoms with Gasteiger partial charge >= 0.3 is 0 Å². The highest BCUT2D eigenvalue weighted by Gasteiger charge is 2.20. The van der Waals surface area contributed by atoms with Crippen LogP contribution in [0.3, 0.4) is 0 Å². The highest BCUT2D eigenvalue weighted by molar-refractivity contribution is 5.93. The lowest BCUT2D eigenvalue weighted by molar-refractivity contribution is 0.177. The van der Waals surface area contributed by atoms with E-state index in [2.05, 4.69) is 62.6 Å². The molecule has 0 bridgehead atoms. The lowest BCUT2D eigenvalue weighted by Crippen LogP contribution is -2.33. The predicted molar refractivity (Wildman–Crippen MR) is 116 cm³/mol. The quantitative estimate of drug-likeness (QED) is 0.553. The predicted octanol–water partition coefficient (Wildman–Crippen LogP) is 4.42. The molecule has 5 rings (SSSR count). The van der Waals surface area contributed by atoms with Crippen molar-refractivity contribution in [2.24, 2.45) is 13.0 Å². The molecule has 0 radical (unpaired) electrons. The Hall–Kier alpha value is -2.92. The number of aromatic amines is 1. The maximum Gasteiger partial charge on any atom is 0.137 e. The number of benzene rings is 1. The maximum absolute atomic E-state index is 4.68. The summed E-state index contributed by atoms with van der Waals surface area (Å²) in [6, 6.07) is 13.1. The van der Waals surface area contributed by atoms with E-state index in [1.807, 2.05) is 30.3 Å². The van der Waals surface area contributed by atoms with Crippen molar-refractivity contribution in [3.8, 4) is 11.1 Å². The van der Waals surface area contributed by atoms with Crippen LogP contribution in [0.4, 0.5) is 0 Å². The van der Waals surface area contributed by atoms with Crippen LogP contribution in [0.15, 0.2) is 61.2 Å². The lowest BCUT2D eigenvalue weighted by atomic mass is 9.90. The zero-order valence-corrected chi connectivity index (χ0v) is 16.9. The van der Waals surface area contributed by atoms with E-state index in [1.54, 1.807) is 0 Å². The molecule has 1 N–H and O–H groups in total. The lowest BCUT2D eigenvalue weighted by Gasteiger charge is -2.32. The normalized spacial score (nSPS) is 15.9. The van der Waals surface area contributed by atoms with Gasteiger partial charge in [-0.1, -0.05) is 30.3 Å². The van der Waals surface area contributed by atoms with Crippen molar-refractivity contribution in [3.63, 3.8) is 0 Å². The third-order valence-electron chi connectivity index (χ3n) is 6.08. The van der Waals surface area contributed by atoms with Crippen molar-refractivity contribution in [1.82, 2.24) is 24.6 Å². The molecule has 1 aliphatic rings. The fourth-order valence-corrected chi connectivity index (χ4v) is 4.48. The molecule has 5 nitrogen and oxygen atoms in total. The molecule has 0 spiro atoms. The van der Waals surface area contributed by atoms with Gasteiger partial charge in [0, 0.05) is 48.7 Å². The summed E-state index contributed by atoms with van der Waals surface area (Å²) in [6.45, 7) is 3.43. The molecule has 0 aliphatic carbocycles. The van der Waals surface area contributed by atoms with Gasteiger partial charge in [0.1, 0.15) is 5.65 Å². The van der Waals surface area contributed by atoms with Crippen LogP contribution < -0.4 is 0 Å². The summed E-state index contributed by atoms with van der Waals surface area (Å²) in [7, 11) is 1.95. The van der Waals surface area contributed by atoms with Crippen molar-refractivity contribution in [3.05, 3.63) is 72.3 Å². The van der Waals surface area contributed by atoms with Gasteiger partial charge in [-0.25, -0.2) is 4.98 Å². The van der Waals surface area contributed by atoms with E-state index in [0.717, 1.165) is 30.1 Å². The van der Waals surface area contributed by atoms with Gasteiger partial charge in [0.25, 0.3) is 0 Å².